The molecule has 1 saturated heterocycles. The maximum atomic E-state index is 13.2. The Kier molecular flexibility index (Phi) is 3.66. The van der Waals surface area contributed by atoms with Crippen LogP contribution in [-0.2, 0) is 0 Å². The molecule has 6 nitrogen and oxygen atoms in total. The molecule has 2 rings (SSSR count). The number of hydrogen-bond acceptors (Lipinski definition) is 3. The number of carboxylic acid groups (broad SMARTS) is 1. The topological polar surface area (TPSA) is 89.9 Å². The van der Waals surface area contributed by atoms with Crippen LogP contribution in [-0.4, -0.2) is 46.3 Å². The van der Waals surface area contributed by atoms with Gasteiger partial charge in [0, 0.05) is 18.8 Å². The van der Waals surface area contributed by atoms with Crippen molar-refractivity contribution in [2.24, 2.45) is 0 Å². The van der Waals surface area contributed by atoms with Crippen molar-refractivity contribution >= 4 is 17.7 Å². The third kappa shape index (κ3) is 3.00. The van der Waals surface area contributed by atoms with Crippen molar-refractivity contribution in [3.63, 3.8) is 0 Å². The summed E-state index contributed by atoms with van der Waals surface area (Å²) in [6.07, 6.45) is -0.0226. The molecule has 0 aliphatic carbocycles. The van der Waals surface area contributed by atoms with Crippen molar-refractivity contribution in [3.8, 4) is 0 Å². The van der Waals surface area contributed by atoms with E-state index in [0.29, 0.717) is 13.0 Å². The Balaban J connectivity index is 2.09. The molecule has 3 N–H and O–H groups in total. The van der Waals surface area contributed by atoms with Gasteiger partial charge in [0.2, 0.25) is 0 Å². The van der Waals surface area contributed by atoms with Crippen molar-refractivity contribution < 1.29 is 24.2 Å². The third-order valence-corrected chi connectivity index (χ3v) is 2.90. The van der Waals surface area contributed by atoms with Gasteiger partial charge in [0.05, 0.1) is 11.7 Å². The Labute approximate surface area is 108 Å². The fourth-order valence-corrected chi connectivity index (χ4v) is 1.90. The maximum Gasteiger partial charge on any atom is 0.338 e. The molecular weight excluding hydrogens is 255 g/mol. The molecule has 0 spiro atoms. The van der Waals surface area contributed by atoms with E-state index in [2.05, 4.69) is 5.32 Å². The summed E-state index contributed by atoms with van der Waals surface area (Å²) in [5.41, 5.74) is -0.301. The molecule has 1 heterocycles. The molecule has 0 aromatic heterocycles. The number of likely N-dealkylation sites (tertiary alicyclic amines) is 1. The minimum Gasteiger partial charge on any atom is -0.478 e. The molecule has 1 aromatic carbocycles. The van der Waals surface area contributed by atoms with Gasteiger partial charge in [-0.2, -0.15) is 0 Å². The van der Waals surface area contributed by atoms with Gasteiger partial charge in [0.25, 0.3) is 0 Å². The summed E-state index contributed by atoms with van der Waals surface area (Å²) in [5, 5.41) is 20.6. The lowest BCUT2D eigenvalue weighted by molar-refractivity contribution is 0.0692. The quantitative estimate of drug-likeness (QED) is 0.749. The van der Waals surface area contributed by atoms with Crippen LogP contribution in [0.15, 0.2) is 18.2 Å². The predicted octanol–water partition coefficient (Wildman–Crippen LogP) is 1.12. The Bertz CT molecular complexity index is 520. The van der Waals surface area contributed by atoms with Crippen LogP contribution in [0.25, 0.3) is 0 Å². The first kappa shape index (κ1) is 13.3. The molecule has 0 bridgehead atoms. The van der Waals surface area contributed by atoms with Crippen LogP contribution in [0.4, 0.5) is 14.9 Å². The number of benzene rings is 1. The molecule has 19 heavy (non-hydrogen) atoms. The number of aliphatic hydroxyl groups excluding tert-OH is 1. The highest BCUT2D eigenvalue weighted by Crippen LogP contribution is 2.17. The molecule has 7 heteroatoms. The lowest BCUT2D eigenvalue weighted by Gasteiger charge is -2.16. The Hall–Kier alpha value is -2.15. The highest BCUT2D eigenvalue weighted by atomic mass is 19.1. The van der Waals surface area contributed by atoms with Gasteiger partial charge >= 0.3 is 12.0 Å². The zero-order valence-corrected chi connectivity index (χ0v) is 9.97. The largest absolute Gasteiger partial charge is 0.478 e. The first-order valence-corrected chi connectivity index (χ1v) is 5.74. The van der Waals surface area contributed by atoms with Crippen molar-refractivity contribution in [2.75, 3.05) is 18.4 Å². The maximum absolute atomic E-state index is 13.2. The fourth-order valence-electron chi connectivity index (χ4n) is 1.90. The second-order valence-corrected chi connectivity index (χ2v) is 4.32. The van der Waals surface area contributed by atoms with Gasteiger partial charge in [-0.25, -0.2) is 14.0 Å². The minimum atomic E-state index is -1.40. The molecule has 2 amide bonds. The van der Waals surface area contributed by atoms with Gasteiger partial charge in [0.1, 0.15) is 5.82 Å². The van der Waals surface area contributed by atoms with E-state index in [0.717, 1.165) is 12.1 Å². The van der Waals surface area contributed by atoms with Crippen molar-refractivity contribution in [3.05, 3.63) is 29.6 Å². The van der Waals surface area contributed by atoms with E-state index in [1.807, 2.05) is 0 Å². The number of aliphatic hydroxyl groups is 1. The van der Waals surface area contributed by atoms with E-state index in [1.54, 1.807) is 0 Å². The summed E-state index contributed by atoms with van der Waals surface area (Å²) >= 11 is 0. The second-order valence-electron chi connectivity index (χ2n) is 4.32. The monoisotopic (exact) mass is 268 g/mol. The van der Waals surface area contributed by atoms with Crippen LogP contribution in [0.2, 0.25) is 0 Å². The van der Waals surface area contributed by atoms with E-state index in [4.69, 9.17) is 5.11 Å². The normalized spacial score (nSPS) is 18.4. The summed E-state index contributed by atoms with van der Waals surface area (Å²) < 4.78 is 13.2. The number of nitrogens with zero attached hydrogens (tertiary/aromatic N) is 1. The highest BCUT2D eigenvalue weighted by molar-refractivity contribution is 5.93. The standard InChI is InChI=1S/C12H13FN2O4/c13-10-2-1-7(5-9(10)11(17)18)14-12(19)15-4-3-8(16)6-15/h1-2,5,8,16H,3-4,6H2,(H,14,19)(H,17,18). The van der Waals surface area contributed by atoms with Crippen molar-refractivity contribution in [2.45, 2.75) is 12.5 Å². The number of carboxylic acids is 1. The van der Waals surface area contributed by atoms with Gasteiger partial charge in [-0.1, -0.05) is 0 Å². The number of β-amino-alcohol motifs (C(OH)–C–C–N with tert-alkyl or cyclic N) is 1. The molecule has 102 valence electrons. The zero-order valence-electron chi connectivity index (χ0n) is 9.97. The van der Waals surface area contributed by atoms with Gasteiger partial charge in [-0.15, -0.1) is 0 Å². The number of carbonyl (C=O) groups is 2. The summed E-state index contributed by atoms with van der Waals surface area (Å²) in [6, 6.07) is 2.88. The van der Waals surface area contributed by atoms with Gasteiger partial charge < -0.3 is 20.4 Å². The number of nitrogens with one attached hydrogen (secondary N) is 1. The van der Waals surface area contributed by atoms with Gasteiger partial charge in [-0.05, 0) is 24.6 Å². The van der Waals surface area contributed by atoms with Crippen LogP contribution in [0.3, 0.4) is 0 Å². The Morgan fingerprint density at radius 3 is 2.74 bits per heavy atom. The van der Waals surface area contributed by atoms with Crippen LogP contribution >= 0.6 is 0 Å². The SMILES string of the molecule is O=C(O)c1cc(NC(=O)N2CCC(O)C2)ccc1F. The molecule has 0 radical (unpaired) electrons. The van der Waals surface area contributed by atoms with Crippen LogP contribution in [0.5, 0.6) is 0 Å². The number of amides is 2. The number of aromatic carboxylic acids is 1. The Morgan fingerprint density at radius 1 is 1.42 bits per heavy atom. The third-order valence-electron chi connectivity index (χ3n) is 2.90. The molecule has 1 fully saturated rings. The zero-order chi connectivity index (χ0) is 14.0. The average molecular weight is 268 g/mol. The van der Waals surface area contributed by atoms with Gasteiger partial charge in [0.15, 0.2) is 0 Å². The molecule has 1 aliphatic rings. The molecule has 0 saturated carbocycles. The van der Waals surface area contributed by atoms with E-state index < -0.39 is 29.5 Å². The summed E-state index contributed by atoms with van der Waals surface area (Å²) in [7, 11) is 0. The van der Waals surface area contributed by atoms with Crippen molar-refractivity contribution in [1.82, 2.24) is 4.90 Å². The van der Waals surface area contributed by atoms with E-state index in [1.165, 1.54) is 11.0 Å². The number of urea groups is 1. The number of halogens is 1. The summed E-state index contributed by atoms with van der Waals surface area (Å²) in [5.74, 6) is -2.26. The number of hydrogen-bond donors (Lipinski definition) is 3. The van der Waals surface area contributed by atoms with Crippen LogP contribution < -0.4 is 5.32 Å². The minimum absolute atomic E-state index is 0.199. The molecule has 1 aromatic rings. The Morgan fingerprint density at radius 2 is 2.16 bits per heavy atom. The lowest BCUT2D eigenvalue weighted by Crippen LogP contribution is -2.33. The number of carbonyl (C=O) groups excluding carboxylic acids is 1. The van der Waals surface area contributed by atoms with Gasteiger partial charge in [-0.3, -0.25) is 0 Å². The first-order valence-electron chi connectivity index (χ1n) is 5.74. The number of anilines is 1. The smallest absolute Gasteiger partial charge is 0.338 e. The average Bonchev–Trinajstić information content (AvgIpc) is 2.78. The molecule has 1 aliphatic heterocycles. The van der Waals surface area contributed by atoms with Crippen molar-refractivity contribution in [1.29, 1.82) is 0 Å². The summed E-state index contributed by atoms with van der Waals surface area (Å²) in [4.78, 5) is 24.0. The lowest BCUT2D eigenvalue weighted by atomic mass is 10.2. The predicted molar refractivity (Wildman–Crippen MR) is 64.6 cm³/mol. The highest BCUT2D eigenvalue weighted by Gasteiger charge is 2.24. The molecular formula is C12H13FN2O4. The van der Waals surface area contributed by atoms with Crippen LogP contribution in [0, 0.1) is 5.82 Å². The van der Waals surface area contributed by atoms with E-state index in [-0.39, 0.29) is 12.2 Å². The second kappa shape index (κ2) is 5.23. The molecule has 1 atom stereocenters. The number of rotatable bonds is 2. The van der Waals surface area contributed by atoms with E-state index >= 15 is 0 Å². The first-order chi connectivity index (χ1) is 8.97. The van der Waals surface area contributed by atoms with E-state index in [9.17, 15) is 19.1 Å². The molecule has 1 unspecified atom stereocenters. The fraction of sp³-hybridized carbons (Fsp3) is 0.333. The van der Waals surface area contributed by atoms with Crippen LogP contribution in [0.1, 0.15) is 16.8 Å². The summed E-state index contributed by atoms with van der Waals surface area (Å²) in [6.45, 7) is 0.665.